The molecule has 0 aromatic heterocycles. The van der Waals surface area contributed by atoms with E-state index in [0.29, 0.717) is 7.11 Å². The monoisotopic (exact) mass is 314 g/mol. The Morgan fingerprint density at radius 1 is 1.05 bits per heavy atom. The molecule has 0 saturated carbocycles. The van der Waals surface area contributed by atoms with Gasteiger partial charge in [0.1, 0.15) is 0 Å². The van der Waals surface area contributed by atoms with Crippen LogP contribution in [0.25, 0.3) is 0 Å². The fourth-order valence-corrected chi connectivity index (χ4v) is 1.84. The van der Waals surface area contributed by atoms with E-state index in [2.05, 4.69) is 14.2 Å². The summed E-state index contributed by atoms with van der Waals surface area (Å²) in [6.45, 7) is 0.926. The van der Waals surface area contributed by atoms with Crippen LogP contribution in [0.4, 0.5) is 30.7 Å². The number of hydrogen-bond acceptors (Lipinski definition) is 3. The second kappa shape index (κ2) is 4.70. The van der Waals surface area contributed by atoms with E-state index in [1.807, 2.05) is 0 Å². The highest BCUT2D eigenvalue weighted by Gasteiger charge is 2.74. The summed E-state index contributed by atoms with van der Waals surface area (Å²) in [5.41, 5.74) is 0. The lowest BCUT2D eigenvalue weighted by Crippen LogP contribution is -2.55. The number of rotatable bonds is 5. The van der Waals surface area contributed by atoms with E-state index in [-0.39, 0.29) is 6.92 Å². The summed E-state index contributed by atoms with van der Waals surface area (Å²) >= 11 is 0. The van der Waals surface area contributed by atoms with Crippen molar-refractivity contribution in [2.45, 2.75) is 56.5 Å². The Labute approximate surface area is 110 Å². The minimum absolute atomic E-state index is 0.162. The third-order valence-electron chi connectivity index (χ3n) is 3.02. The molecule has 0 aromatic carbocycles. The van der Waals surface area contributed by atoms with Crippen LogP contribution in [0, 0.1) is 0 Å². The molecule has 120 valence electrons. The quantitative estimate of drug-likeness (QED) is 0.725. The number of hydrogen-bond donors (Lipinski definition) is 0. The Morgan fingerprint density at radius 2 is 1.55 bits per heavy atom. The average Bonchev–Trinajstić information content (AvgIpc) is 2.42. The molecular formula is C10H13F7O3. The van der Waals surface area contributed by atoms with Crippen molar-refractivity contribution in [3.05, 3.63) is 0 Å². The first-order chi connectivity index (χ1) is 8.74. The second-order valence-electron chi connectivity index (χ2n) is 4.48. The molecular weight excluding hydrogens is 301 g/mol. The van der Waals surface area contributed by atoms with Crippen molar-refractivity contribution in [3.8, 4) is 0 Å². The Morgan fingerprint density at radius 3 is 1.90 bits per heavy atom. The van der Waals surface area contributed by atoms with Gasteiger partial charge in [-0.05, 0) is 0 Å². The van der Waals surface area contributed by atoms with E-state index >= 15 is 0 Å². The zero-order chi connectivity index (χ0) is 16.0. The van der Waals surface area contributed by atoms with E-state index in [4.69, 9.17) is 0 Å². The highest BCUT2D eigenvalue weighted by atomic mass is 19.3. The molecule has 0 N–H and O–H groups in total. The predicted molar refractivity (Wildman–Crippen MR) is 51.2 cm³/mol. The summed E-state index contributed by atoms with van der Waals surface area (Å²) in [6, 6.07) is 0. The molecule has 0 bridgehead atoms. The maximum atomic E-state index is 14.4. The van der Waals surface area contributed by atoms with Gasteiger partial charge in [-0.15, -0.1) is 8.78 Å². The zero-order valence-corrected chi connectivity index (χ0v) is 10.8. The van der Waals surface area contributed by atoms with Crippen LogP contribution in [0.3, 0.4) is 0 Å². The maximum absolute atomic E-state index is 14.4. The van der Waals surface area contributed by atoms with E-state index in [1.54, 1.807) is 0 Å². The van der Waals surface area contributed by atoms with Crippen molar-refractivity contribution in [3.63, 3.8) is 0 Å². The molecule has 1 heterocycles. The Hall–Kier alpha value is -0.610. The third kappa shape index (κ3) is 2.73. The Kier molecular flexibility index (Phi) is 4.10. The maximum Gasteiger partial charge on any atom is 0.491 e. The van der Waals surface area contributed by atoms with Gasteiger partial charge in [-0.25, -0.2) is 13.2 Å². The van der Waals surface area contributed by atoms with Crippen LogP contribution in [0.5, 0.6) is 0 Å². The van der Waals surface area contributed by atoms with E-state index in [9.17, 15) is 30.7 Å². The number of halogens is 7. The molecule has 1 rings (SSSR count). The average molecular weight is 314 g/mol. The molecule has 1 saturated heterocycles. The fourth-order valence-electron chi connectivity index (χ4n) is 1.84. The third-order valence-corrected chi connectivity index (χ3v) is 3.02. The van der Waals surface area contributed by atoms with Gasteiger partial charge >= 0.3 is 18.1 Å². The van der Waals surface area contributed by atoms with Crippen LogP contribution in [0.1, 0.15) is 26.7 Å². The smallest absolute Gasteiger partial charge is 0.348 e. The lowest BCUT2D eigenvalue weighted by Gasteiger charge is -2.36. The van der Waals surface area contributed by atoms with Crippen LogP contribution >= 0.6 is 0 Å². The minimum Gasteiger partial charge on any atom is -0.348 e. The molecule has 0 spiro atoms. The van der Waals surface area contributed by atoms with Gasteiger partial charge in [0.25, 0.3) is 5.85 Å². The standard InChI is InChI=1S/C10H13F7O3/c1-4-9(18-3)8(15,19-10(16,17)20-9)5-7(13,14)6(2,11)12/h4-5H2,1-3H3. The van der Waals surface area contributed by atoms with Crippen molar-refractivity contribution in [2.75, 3.05) is 7.11 Å². The molecule has 1 fully saturated rings. The largest absolute Gasteiger partial charge is 0.491 e. The van der Waals surface area contributed by atoms with E-state index < -0.39 is 42.6 Å². The molecule has 1 aliphatic heterocycles. The van der Waals surface area contributed by atoms with Crippen molar-refractivity contribution in [1.82, 2.24) is 0 Å². The van der Waals surface area contributed by atoms with Crippen LogP contribution in [0.2, 0.25) is 0 Å². The minimum atomic E-state index is -4.94. The van der Waals surface area contributed by atoms with Gasteiger partial charge in [0.2, 0.25) is 5.79 Å². The first-order valence-electron chi connectivity index (χ1n) is 5.52. The molecule has 0 radical (unpaired) electrons. The summed E-state index contributed by atoms with van der Waals surface area (Å²) in [7, 11) is 0.713. The Balaban J connectivity index is 3.18. The van der Waals surface area contributed by atoms with Gasteiger partial charge in [-0.2, -0.15) is 8.78 Å². The van der Waals surface area contributed by atoms with Crippen LogP contribution in [-0.2, 0) is 14.2 Å². The molecule has 20 heavy (non-hydrogen) atoms. The van der Waals surface area contributed by atoms with Crippen molar-refractivity contribution in [2.24, 2.45) is 0 Å². The normalized spacial score (nSPS) is 34.5. The number of ether oxygens (including phenoxy) is 3. The van der Waals surface area contributed by atoms with Gasteiger partial charge in [-0.1, -0.05) is 6.92 Å². The molecule has 0 amide bonds. The molecule has 3 nitrogen and oxygen atoms in total. The summed E-state index contributed by atoms with van der Waals surface area (Å²) < 4.78 is 104. The van der Waals surface area contributed by atoms with Gasteiger partial charge in [0, 0.05) is 20.5 Å². The molecule has 0 aromatic rings. The molecule has 0 aliphatic carbocycles. The van der Waals surface area contributed by atoms with E-state index in [1.165, 1.54) is 0 Å². The van der Waals surface area contributed by atoms with Crippen LogP contribution in [-0.4, -0.2) is 36.9 Å². The summed E-state index contributed by atoms with van der Waals surface area (Å²) in [5.74, 6) is -16.4. The van der Waals surface area contributed by atoms with Crippen LogP contribution in [0.15, 0.2) is 0 Å². The van der Waals surface area contributed by atoms with Gasteiger partial charge in [-0.3, -0.25) is 9.47 Å². The SMILES string of the molecule is CCC1(OC)OC(F)(F)OC1(F)CC(F)(F)C(C)(F)F. The highest BCUT2D eigenvalue weighted by Crippen LogP contribution is 2.55. The topological polar surface area (TPSA) is 27.7 Å². The molecule has 10 heteroatoms. The molecule has 1 aliphatic rings. The lowest BCUT2D eigenvalue weighted by molar-refractivity contribution is -0.384. The summed E-state index contributed by atoms with van der Waals surface area (Å²) in [4.78, 5) is 0. The van der Waals surface area contributed by atoms with Gasteiger partial charge in [0.05, 0.1) is 6.42 Å². The fraction of sp³-hybridized carbons (Fsp3) is 1.00. The van der Waals surface area contributed by atoms with E-state index in [0.717, 1.165) is 6.92 Å². The predicted octanol–water partition coefficient (Wildman–Crippen LogP) is 3.68. The second-order valence-corrected chi connectivity index (χ2v) is 4.48. The number of methoxy groups -OCH3 is 1. The molecule has 2 unspecified atom stereocenters. The first kappa shape index (κ1) is 17.4. The van der Waals surface area contributed by atoms with Crippen molar-refractivity contribution in [1.29, 1.82) is 0 Å². The zero-order valence-electron chi connectivity index (χ0n) is 10.8. The first-order valence-corrected chi connectivity index (χ1v) is 5.52. The van der Waals surface area contributed by atoms with Gasteiger partial charge < -0.3 is 4.74 Å². The van der Waals surface area contributed by atoms with Crippen molar-refractivity contribution < 1.29 is 44.9 Å². The number of alkyl halides is 7. The summed E-state index contributed by atoms with van der Waals surface area (Å²) in [6.07, 6.45) is -7.58. The highest BCUT2D eigenvalue weighted by molar-refractivity contribution is 4.98. The molecule has 2 atom stereocenters. The summed E-state index contributed by atoms with van der Waals surface area (Å²) in [5, 5.41) is 0. The van der Waals surface area contributed by atoms with Crippen LogP contribution < -0.4 is 0 Å². The van der Waals surface area contributed by atoms with Crippen molar-refractivity contribution >= 4 is 0 Å². The lowest BCUT2D eigenvalue weighted by atomic mass is 9.95. The Bertz CT molecular complexity index is 364. The van der Waals surface area contributed by atoms with Gasteiger partial charge in [0.15, 0.2) is 0 Å².